The fraction of sp³-hybridized carbons (Fsp3) is 0.833. The van der Waals surface area contributed by atoms with Gasteiger partial charge in [-0.2, -0.15) is 0 Å². The molecule has 19 heavy (non-hydrogen) atoms. The summed E-state index contributed by atoms with van der Waals surface area (Å²) in [5, 5.41) is 11.4. The summed E-state index contributed by atoms with van der Waals surface area (Å²) in [5.74, 6) is -0.781. The van der Waals surface area contributed by atoms with E-state index in [9.17, 15) is 9.59 Å². The summed E-state index contributed by atoms with van der Waals surface area (Å²) in [7, 11) is 0. The molecule has 0 aliphatic carbocycles. The van der Waals surface area contributed by atoms with E-state index in [-0.39, 0.29) is 12.5 Å². The summed E-state index contributed by atoms with van der Waals surface area (Å²) in [6, 6.07) is -0.0717. The Labute approximate surface area is 113 Å². The highest BCUT2D eigenvalue weighted by Gasteiger charge is 2.20. The van der Waals surface area contributed by atoms with Crippen LogP contribution in [-0.2, 0) is 9.53 Å². The third-order valence-corrected chi connectivity index (χ3v) is 3.03. The number of carboxylic acids is 1. The van der Waals surface area contributed by atoms with Crippen molar-refractivity contribution in [3.05, 3.63) is 0 Å². The molecule has 7 nitrogen and oxygen atoms in total. The van der Waals surface area contributed by atoms with E-state index in [0.29, 0.717) is 39.4 Å². The molecule has 110 valence electrons. The van der Waals surface area contributed by atoms with E-state index in [1.165, 1.54) is 0 Å². The lowest BCUT2D eigenvalue weighted by molar-refractivity contribution is -0.137. The summed E-state index contributed by atoms with van der Waals surface area (Å²) < 4.78 is 5.15. The lowest BCUT2D eigenvalue weighted by Crippen LogP contribution is -2.52. The number of nitrogens with zero attached hydrogens (tertiary/aromatic N) is 2. The van der Waals surface area contributed by atoms with Crippen LogP contribution in [0.15, 0.2) is 0 Å². The van der Waals surface area contributed by atoms with Crippen LogP contribution in [0.5, 0.6) is 0 Å². The molecule has 0 aromatic carbocycles. The number of aliphatic carboxylic acids is 1. The van der Waals surface area contributed by atoms with Crippen LogP contribution in [0.2, 0.25) is 0 Å². The Morgan fingerprint density at radius 2 is 1.95 bits per heavy atom. The number of urea groups is 1. The third kappa shape index (κ3) is 6.40. The Balaban J connectivity index is 2.14. The van der Waals surface area contributed by atoms with Gasteiger partial charge >= 0.3 is 12.0 Å². The van der Waals surface area contributed by atoms with Gasteiger partial charge in [-0.15, -0.1) is 0 Å². The molecule has 1 rings (SSSR count). The van der Waals surface area contributed by atoms with Gasteiger partial charge in [0.25, 0.3) is 0 Å². The Kier molecular flexibility index (Phi) is 7.20. The second-order valence-corrected chi connectivity index (χ2v) is 4.40. The normalized spacial score (nSPS) is 16.4. The molecule has 0 atom stereocenters. The first-order valence-electron chi connectivity index (χ1n) is 6.68. The van der Waals surface area contributed by atoms with Gasteiger partial charge in [-0.25, -0.2) is 4.79 Å². The molecule has 1 aliphatic heterocycles. The number of amides is 2. The van der Waals surface area contributed by atoms with Crippen molar-refractivity contribution in [2.24, 2.45) is 0 Å². The summed E-state index contributed by atoms with van der Waals surface area (Å²) in [6.45, 7) is 6.90. The van der Waals surface area contributed by atoms with Crippen molar-refractivity contribution in [2.45, 2.75) is 13.3 Å². The Bertz CT molecular complexity index is 291. The molecule has 1 heterocycles. The lowest BCUT2D eigenvalue weighted by Gasteiger charge is -2.34. The average Bonchev–Trinajstić information content (AvgIpc) is 2.41. The van der Waals surface area contributed by atoms with E-state index in [2.05, 4.69) is 10.2 Å². The Hall–Kier alpha value is -1.34. The summed E-state index contributed by atoms with van der Waals surface area (Å²) in [4.78, 5) is 26.1. The lowest BCUT2D eigenvalue weighted by atomic mass is 10.3. The van der Waals surface area contributed by atoms with Crippen molar-refractivity contribution in [3.8, 4) is 0 Å². The van der Waals surface area contributed by atoms with Crippen molar-refractivity contribution in [3.63, 3.8) is 0 Å². The van der Waals surface area contributed by atoms with Gasteiger partial charge < -0.3 is 20.1 Å². The van der Waals surface area contributed by atoms with Crippen molar-refractivity contribution < 1.29 is 19.4 Å². The highest BCUT2D eigenvalue weighted by atomic mass is 16.5. The van der Waals surface area contributed by atoms with Gasteiger partial charge in [0.15, 0.2) is 0 Å². The van der Waals surface area contributed by atoms with E-state index in [1.54, 1.807) is 4.90 Å². The third-order valence-electron chi connectivity index (χ3n) is 3.03. The number of nitrogens with one attached hydrogen (secondary N) is 1. The molecule has 1 aliphatic rings. The van der Waals surface area contributed by atoms with Crippen molar-refractivity contribution in [2.75, 3.05) is 52.5 Å². The predicted octanol–water partition coefficient (Wildman–Crippen LogP) is -0.175. The van der Waals surface area contributed by atoms with Crippen molar-refractivity contribution in [1.82, 2.24) is 15.1 Å². The summed E-state index contributed by atoms with van der Waals surface area (Å²) in [5.41, 5.74) is 0. The van der Waals surface area contributed by atoms with Crippen LogP contribution in [0, 0.1) is 0 Å². The Morgan fingerprint density at radius 1 is 1.26 bits per heavy atom. The van der Waals surface area contributed by atoms with Crippen LogP contribution < -0.4 is 5.32 Å². The van der Waals surface area contributed by atoms with E-state index in [0.717, 1.165) is 13.1 Å². The summed E-state index contributed by atoms with van der Waals surface area (Å²) in [6.07, 6.45) is 0.153. The van der Waals surface area contributed by atoms with E-state index >= 15 is 0 Å². The van der Waals surface area contributed by atoms with Crippen LogP contribution in [0.1, 0.15) is 13.3 Å². The molecular formula is C12H23N3O4. The second kappa shape index (κ2) is 8.71. The molecule has 2 N–H and O–H groups in total. The number of carbonyl (C=O) groups is 2. The topological polar surface area (TPSA) is 82.1 Å². The maximum atomic E-state index is 11.8. The second-order valence-electron chi connectivity index (χ2n) is 4.40. The number of carbonyl (C=O) groups excluding carboxylic acids is 1. The monoisotopic (exact) mass is 273 g/mol. The molecule has 0 radical (unpaired) electrons. The van der Waals surface area contributed by atoms with Gasteiger partial charge in [0.1, 0.15) is 0 Å². The van der Waals surface area contributed by atoms with Gasteiger partial charge in [-0.05, 0) is 6.92 Å². The van der Waals surface area contributed by atoms with Gasteiger partial charge in [0.2, 0.25) is 0 Å². The average molecular weight is 273 g/mol. The van der Waals surface area contributed by atoms with Crippen LogP contribution in [0.4, 0.5) is 4.79 Å². The van der Waals surface area contributed by atoms with Crippen LogP contribution in [0.3, 0.4) is 0 Å². The van der Waals surface area contributed by atoms with Crippen LogP contribution in [0.25, 0.3) is 0 Å². The minimum absolute atomic E-state index is 0.0717. The molecule has 7 heteroatoms. The first kappa shape index (κ1) is 15.7. The number of piperazine rings is 1. The maximum absolute atomic E-state index is 11.8. The fourth-order valence-corrected chi connectivity index (χ4v) is 1.91. The smallest absolute Gasteiger partial charge is 0.317 e. The molecule has 0 aromatic rings. The molecule has 0 bridgehead atoms. The summed E-state index contributed by atoms with van der Waals surface area (Å²) >= 11 is 0. The first-order chi connectivity index (χ1) is 9.13. The van der Waals surface area contributed by atoms with E-state index < -0.39 is 5.97 Å². The standard InChI is InChI=1S/C12H23N3O4/c1-2-19-10-4-13-12(18)15-8-6-14(7-9-15)5-3-11(16)17/h2-10H2,1H3,(H,13,18)(H,16,17). The molecule has 0 saturated carbocycles. The number of hydrogen-bond donors (Lipinski definition) is 2. The minimum atomic E-state index is -0.781. The van der Waals surface area contributed by atoms with Gasteiger partial charge in [0.05, 0.1) is 13.0 Å². The molecule has 1 saturated heterocycles. The molecular weight excluding hydrogens is 250 g/mol. The largest absolute Gasteiger partial charge is 0.481 e. The zero-order chi connectivity index (χ0) is 14.1. The predicted molar refractivity (Wildman–Crippen MR) is 70.2 cm³/mol. The number of rotatable bonds is 7. The van der Waals surface area contributed by atoms with Crippen LogP contribution >= 0.6 is 0 Å². The van der Waals surface area contributed by atoms with Gasteiger partial charge in [-0.3, -0.25) is 9.69 Å². The van der Waals surface area contributed by atoms with Gasteiger partial charge in [0, 0.05) is 45.9 Å². The molecule has 0 aromatic heterocycles. The Morgan fingerprint density at radius 3 is 2.53 bits per heavy atom. The minimum Gasteiger partial charge on any atom is -0.481 e. The molecule has 2 amide bonds. The van der Waals surface area contributed by atoms with E-state index in [1.807, 2.05) is 6.92 Å². The zero-order valence-electron chi connectivity index (χ0n) is 11.4. The highest BCUT2D eigenvalue weighted by Crippen LogP contribution is 2.02. The fourth-order valence-electron chi connectivity index (χ4n) is 1.91. The number of hydrogen-bond acceptors (Lipinski definition) is 4. The SMILES string of the molecule is CCOCCNC(=O)N1CCN(CCC(=O)O)CC1. The molecule has 1 fully saturated rings. The quantitative estimate of drug-likeness (QED) is 0.629. The number of ether oxygens (including phenoxy) is 1. The highest BCUT2D eigenvalue weighted by molar-refractivity contribution is 5.74. The van der Waals surface area contributed by atoms with Crippen molar-refractivity contribution in [1.29, 1.82) is 0 Å². The van der Waals surface area contributed by atoms with Crippen LogP contribution in [-0.4, -0.2) is 79.4 Å². The maximum Gasteiger partial charge on any atom is 0.317 e. The molecule has 0 unspecified atom stereocenters. The first-order valence-corrected chi connectivity index (χ1v) is 6.68. The van der Waals surface area contributed by atoms with Gasteiger partial charge in [-0.1, -0.05) is 0 Å². The number of carboxylic acid groups (broad SMARTS) is 1. The van der Waals surface area contributed by atoms with Crippen molar-refractivity contribution >= 4 is 12.0 Å². The van der Waals surface area contributed by atoms with E-state index in [4.69, 9.17) is 9.84 Å². The zero-order valence-corrected chi connectivity index (χ0v) is 11.4. The molecule has 0 spiro atoms.